The lowest BCUT2D eigenvalue weighted by Gasteiger charge is -2.06. The van der Waals surface area contributed by atoms with Crippen molar-refractivity contribution < 1.29 is 0 Å². The van der Waals surface area contributed by atoms with Crippen molar-refractivity contribution in [2.45, 2.75) is 25.8 Å². The molecule has 0 spiro atoms. The highest BCUT2D eigenvalue weighted by molar-refractivity contribution is 5.64. The number of nitrogens with zero attached hydrogens (tertiary/aromatic N) is 1. The lowest BCUT2D eigenvalue weighted by Crippen LogP contribution is -2.19. The van der Waals surface area contributed by atoms with E-state index in [9.17, 15) is 0 Å². The van der Waals surface area contributed by atoms with Crippen molar-refractivity contribution in [2.75, 3.05) is 0 Å². The Morgan fingerprint density at radius 3 is 2.76 bits per heavy atom. The Labute approximate surface area is 102 Å². The second kappa shape index (κ2) is 3.97. The molecule has 0 bridgehead atoms. The zero-order chi connectivity index (χ0) is 11.8. The number of aryl methyl sites for hydroxylation is 1. The molecule has 1 atom stereocenters. The van der Waals surface area contributed by atoms with Gasteiger partial charge in [0.25, 0.3) is 0 Å². The quantitative estimate of drug-likeness (QED) is 0.808. The normalized spacial score (nSPS) is 18.1. The summed E-state index contributed by atoms with van der Waals surface area (Å²) < 4.78 is 0. The number of fused-ring (bicyclic) bond motifs is 1. The minimum atomic E-state index is 0.254. The lowest BCUT2D eigenvalue weighted by atomic mass is 10.0. The van der Waals surface area contributed by atoms with Crippen LogP contribution in [0.15, 0.2) is 36.4 Å². The molecule has 86 valence electrons. The molecule has 0 saturated carbocycles. The van der Waals surface area contributed by atoms with E-state index in [4.69, 9.17) is 10.7 Å². The number of aromatic nitrogens is 1. The van der Waals surface area contributed by atoms with Crippen molar-refractivity contribution >= 4 is 0 Å². The lowest BCUT2D eigenvalue weighted by molar-refractivity contribution is 0.716. The molecule has 2 aromatic rings. The summed E-state index contributed by atoms with van der Waals surface area (Å²) in [6, 6.07) is 12.9. The monoisotopic (exact) mass is 224 g/mol. The number of rotatable bonds is 1. The first-order chi connectivity index (χ1) is 8.24. The van der Waals surface area contributed by atoms with Crippen LogP contribution in [-0.2, 0) is 12.8 Å². The zero-order valence-corrected chi connectivity index (χ0v) is 9.98. The number of pyridine rings is 1. The van der Waals surface area contributed by atoms with Gasteiger partial charge in [0.2, 0.25) is 0 Å². The van der Waals surface area contributed by atoms with Gasteiger partial charge in [-0.3, -0.25) is 4.98 Å². The zero-order valence-electron chi connectivity index (χ0n) is 9.98. The van der Waals surface area contributed by atoms with E-state index in [0.717, 1.165) is 18.5 Å². The molecule has 0 saturated heterocycles. The average Bonchev–Trinajstić information content (AvgIpc) is 2.68. The molecular weight excluding hydrogens is 208 g/mol. The summed E-state index contributed by atoms with van der Waals surface area (Å²) in [7, 11) is 0. The van der Waals surface area contributed by atoms with Crippen LogP contribution in [-0.4, -0.2) is 11.0 Å². The van der Waals surface area contributed by atoms with Gasteiger partial charge in [-0.25, -0.2) is 0 Å². The third kappa shape index (κ3) is 1.85. The highest BCUT2D eigenvalue weighted by Crippen LogP contribution is 2.26. The van der Waals surface area contributed by atoms with E-state index in [-0.39, 0.29) is 6.04 Å². The van der Waals surface area contributed by atoms with Crippen LogP contribution in [0.4, 0.5) is 0 Å². The summed E-state index contributed by atoms with van der Waals surface area (Å²) >= 11 is 0. The molecule has 2 nitrogen and oxygen atoms in total. The van der Waals surface area contributed by atoms with Crippen LogP contribution >= 0.6 is 0 Å². The molecule has 0 aliphatic heterocycles. The molecule has 2 N–H and O–H groups in total. The van der Waals surface area contributed by atoms with Gasteiger partial charge in [0.05, 0.1) is 5.69 Å². The summed E-state index contributed by atoms with van der Waals surface area (Å²) in [5, 5.41) is 0. The van der Waals surface area contributed by atoms with Gasteiger partial charge in [0, 0.05) is 23.7 Å². The van der Waals surface area contributed by atoms with Crippen molar-refractivity contribution in [3.63, 3.8) is 0 Å². The minimum Gasteiger partial charge on any atom is -0.327 e. The van der Waals surface area contributed by atoms with E-state index in [1.54, 1.807) is 0 Å². The van der Waals surface area contributed by atoms with Crippen molar-refractivity contribution in [1.82, 2.24) is 4.98 Å². The molecule has 2 heteroatoms. The van der Waals surface area contributed by atoms with Gasteiger partial charge in [-0.15, -0.1) is 0 Å². The number of hydrogen-bond acceptors (Lipinski definition) is 2. The predicted octanol–water partition coefficient (Wildman–Crippen LogP) is 2.48. The maximum absolute atomic E-state index is 5.96. The highest BCUT2D eigenvalue weighted by atomic mass is 14.8. The largest absolute Gasteiger partial charge is 0.327 e. The predicted molar refractivity (Wildman–Crippen MR) is 69.8 cm³/mol. The van der Waals surface area contributed by atoms with Crippen LogP contribution in [0.1, 0.15) is 16.8 Å². The van der Waals surface area contributed by atoms with E-state index in [1.807, 2.05) is 0 Å². The van der Waals surface area contributed by atoms with Gasteiger partial charge in [-0.2, -0.15) is 0 Å². The molecule has 0 radical (unpaired) electrons. The Bertz CT molecular complexity index is 561. The van der Waals surface area contributed by atoms with Gasteiger partial charge in [-0.1, -0.05) is 30.3 Å². The van der Waals surface area contributed by atoms with Crippen molar-refractivity contribution in [1.29, 1.82) is 0 Å². The van der Waals surface area contributed by atoms with Crippen LogP contribution in [0.25, 0.3) is 11.3 Å². The first kappa shape index (κ1) is 10.5. The summed E-state index contributed by atoms with van der Waals surface area (Å²) in [4.78, 5) is 4.75. The van der Waals surface area contributed by atoms with Crippen LogP contribution in [0.5, 0.6) is 0 Å². The minimum absolute atomic E-state index is 0.254. The molecule has 1 aromatic heterocycles. The highest BCUT2D eigenvalue weighted by Gasteiger charge is 2.19. The van der Waals surface area contributed by atoms with Crippen LogP contribution in [0.2, 0.25) is 0 Å². The number of nitrogens with two attached hydrogens (primary N) is 1. The first-order valence-corrected chi connectivity index (χ1v) is 6.04. The van der Waals surface area contributed by atoms with Gasteiger partial charge in [0.1, 0.15) is 0 Å². The molecule has 17 heavy (non-hydrogen) atoms. The smallest absolute Gasteiger partial charge is 0.0708 e. The second-order valence-corrected chi connectivity index (χ2v) is 4.79. The van der Waals surface area contributed by atoms with Gasteiger partial charge in [0.15, 0.2) is 0 Å². The van der Waals surface area contributed by atoms with Crippen molar-refractivity contribution in [3.8, 4) is 11.3 Å². The standard InChI is InChI=1S/C15H16N2/c1-10-4-2-3-5-13(10)14-7-6-11-8-12(16)9-15(11)17-14/h2-7,12H,8-9,16H2,1H3. The number of benzene rings is 1. The van der Waals surface area contributed by atoms with E-state index >= 15 is 0 Å². The Morgan fingerprint density at radius 1 is 1.12 bits per heavy atom. The fourth-order valence-electron chi connectivity index (χ4n) is 2.51. The van der Waals surface area contributed by atoms with E-state index in [0.29, 0.717) is 0 Å². The summed E-state index contributed by atoms with van der Waals surface area (Å²) in [6.07, 6.45) is 1.88. The number of hydrogen-bond donors (Lipinski definition) is 1. The SMILES string of the molecule is Cc1ccccc1-c1ccc2c(n1)CC(N)C2. The third-order valence-corrected chi connectivity index (χ3v) is 3.43. The average molecular weight is 224 g/mol. The maximum Gasteiger partial charge on any atom is 0.0708 e. The van der Waals surface area contributed by atoms with Crippen LogP contribution in [0.3, 0.4) is 0 Å². The molecule has 1 aliphatic carbocycles. The molecule has 1 heterocycles. The Hall–Kier alpha value is -1.67. The Kier molecular flexibility index (Phi) is 2.45. The van der Waals surface area contributed by atoms with Crippen LogP contribution < -0.4 is 5.73 Å². The molecule has 0 fully saturated rings. The van der Waals surface area contributed by atoms with Gasteiger partial charge in [-0.05, 0) is 30.5 Å². The fourth-order valence-corrected chi connectivity index (χ4v) is 2.51. The molecule has 1 aromatic carbocycles. The fraction of sp³-hybridized carbons (Fsp3) is 0.267. The maximum atomic E-state index is 5.96. The van der Waals surface area contributed by atoms with Crippen LogP contribution in [0, 0.1) is 6.92 Å². The Balaban J connectivity index is 2.07. The molecule has 1 unspecified atom stereocenters. The molecule has 1 aliphatic rings. The molecule has 3 rings (SSSR count). The summed E-state index contributed by atoms with van der Waals surface area (Å²) in [5.41, 5.74) is 12.0. The van der Waals surface area contributed by atoms with Gasteiger partial charge >= 0.3 is 0 Å². The van der Waals surface area contributed by atoms with Crippen molar-refractivity contribution in [2.24, 2.45) is 5.73 Å². The van der Waals surface area contributed by atoms with Gasteiger partial charge < -0.3 is 5.73 Å². The van der Waals surface area contributed by atoms with E-state index < -0.39 is 0 Å². The van der Waals surface area contributed by atoms with E-state index in [1.165, 1.54) is 22.4 Å². The molecular formula is C15H16N2. The first-order valence-electron chi connectivity index (χ1n) is 6.04. The third-order valence-electron chi connectivity index (χ3n) is 3.43. The second-order valence-electron chi connectivity index (χ2n) is 4.79. The van der Waals surface area contributed by atoms with Crippen molar-refractivity contribution in [3.05, 3.63) is 53.2 Å². The topological polar surface area (TPSA) is 38.9 Å². The summed E-state index contributed by atoms with van der Waals surface area (Å²) in [5.74, 6) is 0. The Morgan fingerprint density at radius 2 is 1.94 bits per heavy atom. The van der Waals surface area contributed by atoms with E-state index in [2.05, 4.69) is 43.3 Å². The summed E-state index contributed by atoms with van der Waals surface area (Å²) in [6.45, 7) is 2.12. The molecule has 0 amide bonds.